The lowest BCUT2D eigenvalue weighted by Crippen LogP contribution is -2.21. The van der Waals surface area contributed by atoms with Crippen molar-refractivity contribution in [3.63, 3.8) is 0 Å². The Kier molecular flexibility index (Phi) is 6.48. The van der Waals surface area contributed by atoms with Crippen molar-refractivity contribution in [2.45, 2.75) is 19.8 Å². The Hall–Kier alpha value is -2.94. The van der Waals surface area contributed by atoms with Crippen LogP contribution in [0.4, 0.5) is 0 Å². The van der Waals surface area contributed by atoms with Gasteiger partial charge in [-0.2, -0.15) is 5.10 Å². The van der Waals surface area contributed by atoms with E-state index in [1.165, 1.54) is 6.21 Å². The van der Waals surface area contributed by atoms with Crippen LogP contribution in [0.5, 0.6) is 0 Å². The summed E-state index contributed by atoms with van der Waals surface area (Å²) in [6.45, 7) is 2.07. The fourth-order valence-electron chi connectivity index (χ4n) is 3.07. The first-order valence-electron chi connectivity index (χ1n) is 9.26. The number of hydrazone groups is 1. The molecule has 0 spiro atoms. The van der Waals surface area contributed by atoms with Gasteiger partial charge in [-0.15, -0.1) is 0 Å². The van der Waals surface area contributed by atoms with Gasteiger partial charge in [0.05, 0.1) is 29.9 Å². The molecule has 9 heteroatoms. The van der Waals surface area contributed by atoms with Crippen LogP contribution in [0.15, 0.2) is 45.9 Å². The fourth-order valence-corrected chi connectivity index (χ4v) is 4.93. The van der Waals surface area contributed by atoms with Crippen molar-refractivity contribution in [2.24, 2.45) is 11.0 Å². The van der Waals surface area contributed by atoms with E-state index in [4.69, 9.17) is 9.15 Å². The molecule has 1 fully saturated rings. The van der Waals surface area contributed by atoms with Gasteiger partial charge >= 0.3 is 5.97 Å². The van der Waals surface area contributed by atoms with Crippen molar-refractivity contribution < 1.29 is 27.2 Å². The summed E-state index contributed by atoms with van der Waals surface area (Å²) >= 11 is 0. The summed E-state index contributed by atoms with van der Waals surface area (Å²) in [7, 11) is -3.00. The minimum absolute atomic E-state index is 0.0562. The highest BCUT2D eigenvalue weighted by Crippen LogP contribution is 2.23. The molecule has 0 bridgehead atoms. The Labute approximate surface area is 168 Å². The van der Waals surface area contributed by atoms with E-state index < -0.39 is 9.84 Å². The molecule has 0 saturated carbocycles. The third-order valence-corrected chi connectivity index (χ3v) is 6.33. The van der Waals surface area contributed by atoms with Crippen LogP contribution in [0.3, 0.4) is 0 Å². The number of rotatable bonds is 7. The second-order valence-corrected chi connectivity index (χ2v) is 8.99. The van der Waals surface area contributed by atoms with Crippen molar-refractivity contribution in [1.29, 1.82) is 0 Å². The molecule has 1 aliphatic heterocycles. The van der Waals surface area contributed by atoms with E-state index in [2.05, 4.69) is 10.5 Å². The zero-order valence-corrected chi connectivity index (χ0v) is 16.8. The Bertz CT molecular complexity index is 1010. The van der Waals surface area contributed by atoms with E-state index in [1.807, 2.05) is 0 Å². The first-order valence-corrected chi connectivity index (χ1v) is 11.1. The Morgan fingerprint density at radius 3 is 2.66 bits per heavy atom. The highest BCUT2D eigenvalue weighted by atomic mass is 32.2. The van der Waals surface area contributed by atoms with E-state index in [9.17, 15) is 18.0 Å². The Morgan fingerprint density at radius 2 is 2.00 bits per heavy atom. The van der Waals surface area contributed by atoms with Crippen molar-refractivity contribution in [3.8, 4) is 11.3 Å². The number of hydrogen-bond acceptors (Lipinski definition) is 7. The molecule has 1 aromatic heterocycles. The largest absolute Gasteiger partial charge is 0.462 e. The van der Waals surface area contributed by atoms with Gasteiger partial charge in [0.2, 0.25) is 5.91 Å². The minimum atomic E-state index is -3.00. The molecule has 1 N–H and O–H groups in total. The van der Waals surface area contributed by atoms with Crippen molar-refractivity contribution in [1.82, 2.24) is 5.43 Å². The predicted molar refractivity (Wildman–Crippen MR) is 107 cm³/mol. The van der Waals surface area contributed by atoms with E-state index in [0.717, 1.165) is 5.56 Å². The number of ether oxygens (including phenoxy) is 1. The molecular weight excluding hydrogens is 396 g/mol. The molecule has 1 saturated heterocycles. The van der Waals surface area contributed by atoms with Crippen LogP contribution in [0.2, 0.25) is 0 Å². The van der Waals surface area contributed by atoms with Crippen molar-refractivity contribution in [3.05, 3.63) is 47.7 Å². The number of benzene rings is 1. The maximum atomic E-state index is 11.9. The smallest absolute Gasteiger partial charge is 0.338 e. The number of sulfone groups is 1. The molecule has 29 heavy (non-hydrogen) atoms. The van der Waals surface area contributed by atoms with Crippen molar-refractivity contribution in [2.75, 3.05) is 18.1 Å². The number of furan rings is 1. The zero-order valence-electron chi connectivity index (χ0n) is 16.0. The number of esters is 1. The van der Waals surface area contributed by atoms with E-state index in [0.29, 0.717) is 30.1 Å². The summed E-state index contributed by atoms with van der Waals surface area (Å²) in [6, 6.07) is 10.3. The molecule has 0 unspecified atom stereocenters. The second-order valence-electron chi connectivity index (χ2n) is 6.77. The standard InChI is InChI=1S/C20H22N2O6S/c1-2-27-20(24)16-5-3-15(4-6-16)18-8-7-17(28-18)12-21-22-19(23)11-14-9-10-29(25,26)13-14/h3-8,12,14H,2,9-11,13H2,1H3,(H,22,23)/b21-12-/t14-/m1/s1. The quantitative estimate of drug-likeness (QED) is 0.419. The third kappa shape index (κ3) is 5.77. The normalized spacial score (nSPS) is 18.0. The molecule has 0 aliphatic carbocycles. The first kappa shape index (κ1) is 20.8. The van der Waals surface area contributed by atoms with Gasteiger partial charge in [0.25, 0.3) is 0 Å². The predicted octanol–water partition coefficient (Wildman–Crippen LogP) is 2.40. The molecule has 8 nitrogen and oxygen atoms in total. The lowest BCUT2D eigenvalue weighted by Gasteiger charge is -2.04. The fraction of sp³-hybridized carbons (Fsp3) is 0.350. The van der Waals surface area contributed by atoms with Gasteiger partial charge in [-0.25, -0.2) is 18.6 Å². The Balaban J connectivity index is 1.53. The number of nitrogens with zero attached hydrogens (tertiary/aromatic N) is 1. The van der Waals surface area contributed by atoms with Gasteiger partial charge in [0.15, 0.2) is 9.84 Å². The molecule has 0 radical (unpaired) electrons. The van der Waals surface area contributed by atoms with Gasteiger partial charge in [-0.1, -0.05) is 12.1 Å². The molecule has 1 aromatic carbocycles. The summed E-state index contributed by atoms with van der Waals surface area (Å²) in [5, 5.41) is 3.86. The van der Waals surface area contributed by atoms with E-state index in [1.54, 1.807) is 43.3 Å². The van der Waals surface area contributed by atoms with Crippen LogP contribution in [-0.2, 0) is 19.4 Å². The zero-order chi connectivity index (χ0) is 20.9. The molecule has 154 valence electrons. The van der Waals surface area contributed by atoms with Gasteiger partial charge in [0.1, 0.15) is 11.5 Å². The van der Waals surface area contributed by atoms with Crippen LogP contribution >= 0.6 is 0 Å². The summed E-state index contributed by atoms with van der Waals surface area (Å²) < 4.78 is 33.5. The lowest BCUT2D eigenvalue weighted by atomic mass is 10.1. The molecule has 1 aliphatic rings. The first-order chi connectivity index (χ1) is 13.9. The van der Waals surface area contributed by atoms with Gasteiger partial charge in [0, 0.05) is 12.0 Å². The maximum absolute atomic E-state index is 11.9. The average Bonchev–Trinajstić information content (AvgIpc) is 3.28. The number of amides is 1. The summed E-state index contributed by atoms with van der Waals surface area (Å²) in [6.07, 6.45) is 2.02. The Morgan fingerprint density at radius 1 is 1.24 bits per heavy atom. The number of hydrogen-bond donors (Lipinski definition) is 1. The van der Waals surface area contributed by atoms with Crippen LogP contribution in [-0.4, -0.2) is 44.6 Å². The SMILES string of the molecule is CCOC(=O)c1ccc(-c2ccc(/C=N\NC(=O)C[C@H]3CCS(=O)(=O)C3)o2)cc1. The van der Waals surface area contributed by atoms with E-state index in [-0.39, 0.29) is 35.7 Å². The van der Waals surface area contributed by atoms with Crippen molar-refractivity contribution >= 4 is 27.9 Å². The number of carbonyl (C=O) groups is 2. The maximum Gasteiger partial charge on any atom is 0.338 e. The number of nitrogens with one attached hydrogen (secondary N) is 1. The summed E-state index contributed by atoms with van der Waals surface area (Å²) in [5.41, 5.74) is 3.63. The molecule has 2 heterocycles. The molecule has 1 atom stereocenters. The highest BCUT2D eigenvalue weighted by Gasteiger charge is 2.29. The average molecular weight is 418 g/mol. The topological polar surface area (TPSA) is 115 Å². The molecular formula is C20H22N2O6S. The highest BCUT2D eigenvalue weighted by molar-refractivity contribution is 7.91. The van der Waals surface area contributed by atoms with Gasteiger partial charge in [-0.3, -0.25) is 4.79 Å². The van der Waals surface area contributed by atoms with Crippen LogP contribution in [0.1, 0.15) is 35.9 Å². The third-order valence-electron chi connectivity index (χ3n) is 4.49. The van der Waals surface area contributed by atoms with Crippen LogP contribution in [0.25, 0.3) is 11.3 Å². The molecule has 1 amide bonds. The summed E-state index contributed by atoms with van der Waals surface area (Å²) in [5.74, 6) is 0.373. The van der Waals surface area contributed by atoms with Crippen LogP contribution < -0.4 is 5.43 Å². The molecule has 2 aromatic rings. The van der Waals surface area contributed by atoms with Gasteiger partial charge < -0.3 is 9.15 Å². The monoisotopic (exact) mass is 418 g/mol. The lowest BCUT2D eigenvalue weighted by molar-refractivity contribution is -0.121. The van der Waals surface area contributed by atoms with Gasteiger partial charge in [-0.05, 0) is 43.5 Å². The summed E-state index contributed by atoms with van der Waals surface area (Å²) in [4.78, 5) is 23.6. The van der Waals surface area contributed by atoms with Crippen LogP contribution in [0, 0.1) is 5.92 Å². The second kappa shape index (κ2) is 9.04. The van der Waals surface area contributed by atoms with E-state index >= 15 is 0 Å². The number of carbonyl (C=O) groups excluding carboxylic acids is 2. The molecule has 3 rings (SSSR count). The minimum Gasteiger partial charge on any atom is -0.462 e.